The number of benzene rings is 9. The van der Waals surface area contributed by atoms with Gasteiger partial charge in [-0.2, -0.15) is 0 Å². The van der Waals surface area contributed by atoms with Crippen LogP contribution in [0.3, 0.4) is 0 Å². The number of fused-ring (bicyclic) bond motifs is 7. The molecule has 0 aliphatic rings. The number of nitrogens with zero attached hydrogens (tertiary/aromatic N) is 1. The average molecular weight is 622 g/mol. The topological polar surface area (TPSA) is 4.93 Å². The molecule has 0 aliphatic carbocycles. The van der Waals surface area contributed by atoms with E-state index in [1.54, 1.807) is 0 Å². The van der Waals surface area contributed by atoms with Crippen molar-refractivity contribution in [2.75, 3.05) is 0 Å². The minimum atomic E-state index is 1.18. The Morgan fingerprint density at radius 2 is 0.755 bits per heavy atom. The Labute approximate surface area is 284 Å². The summed E-state index contributed by atoms with van der Waals surface area (Å²) in [5.41, 5.74) is 11.0. The molecule has 0 saturated carbocycles. The van der Waals surface area contributed by atoms with Crippen molar-refractivity contribution < 1.29 is 0 Å². The molecular weight excluding hydrogens is 591 g/mol. The molecule has 0 atom stereocenters. The van der Waals surface area contributed by atoms with Crippen LogP contribution in [0.5, 0.6) is 0 Å². The smallest absolute Gasteiger partial charge is 0.0541 e. The van der Waals surface area contributed by atoms with E-state index >= 15 is 0 Å². The Bertz CT molecular complexity index is 2760. The molecule has 1 aromatic heterocycles. The molecule has 49 heavy (non-hydrogen) atoms. The monoisotopic (exact) mass is 621 g/mol. The third-order valence-corrected chi connectivity index (χ3v) is 10.2. The SMILES string of the molecule is c1ccc(-c2ccc3c(c2)c2cc(-c4ccccc4)ccc2n3-c2ccc(-c3cc4ccccc4c4ccccc34)c3ccccc23)cc1. The fraction of sp³-hybridized carbons (Fsp3) is 0. The van der Waals surface area contributed by atoms with Gasteiger partial charge in [-0.1, -0.05) is 152 Å². The molecule has 9 aromatic carbocycles. The first-order chi connectivity index (χ1) is 24.3. The highest BCUT2D eigenvalue weighted by Crippen LogP contribution is 2.42. The van der Waals surface area contributed by atoms with E-state index in [0.29, 0.717) is 0 Å². The molecule has 0 aliphatic heterocycles. The summed E-state index contributed by atoms with van der Waals surface area (Å²) < 4.78 is 2.47. The molecule has 0 spiro atoms. The van der Waals surface area contributed by atoms with Gasteiger partial charge in [-0.15, -0.1) is 0 Å². The summed E-state index contributed by atoms with van der Waals surface area (Å²) in [6, 6.07) is 68.8. The van der Waals surface area contributed by atoms with E-state index in [1.807, 2.05) is 0 Å². The van der Waals surface area contributed by atoms with E-state index in [1.165, 1.54) is 93.2 Å². The molecule has 1 heteroatoms. The average Bonchev–Trinajstić information content (AvgIpc) is 3.50. The summed E-state index contributed by atoms with van der Waals surface area (Å²) in [5, 5.41) is 10.1. The molecule has 1 nitrogen and oxygen atoms in total. The van der Waals surface area contributed by atoms with Crippen LogP contribution < -0.4 is 0 Å². The van der Waals surface area contributed by atoms with Gasteiger partial charge in [0.2, 0.25) is 0 Å². The van der Waals surface area contributed by atoms with E-state index in [4.69, 9.17) is 0 Å². The standard InChI is InChI=1S/C48H31N/c1-3-13-32(14-4-1)34-23-26-47-44(29-34)45-30-35(33-15-5-2-6-16-33)24-27-48(45)49(47)46-28-25-41(39-20-11-12-22-42(39)46)43-31-36-17-7-8-18-37(36)38-19-9-10-21-40(38)43/h1-31H. The lowest BCUT2D eigenvalue weighted by molar-refractivity contribution is 1.20. The van der Waals surface area contributed by atoms with Crippen molar-refractivity contribution in [1.82, 2.24) is 4.57 Å². The van der Waals surface area contributed by atoms with Crippen LogP contribution in [0.15, 0.2) is 188 Å². The molecule has 1 heterocycles. The zero-order valence-electron chi connectivity index (χ0n) is 26.8. The van der Waals surface area contributed by atoms with Gasteiger partial charge in [0.05, 0.1) is 16.7 Å². The van der Waals surface area contributed by atoms with Crippen molar-refractivity contribution >= 4 is 54.1 Å². The van der Waals surface area contributed by atoms with Crippen molar-refractivity contribution in [2.45, 2.75) is 0 Å². The summed E-state index contributed by atoms with van der Waals surface area (Å²) in [4.78, 5) is 0. The molecule has 10 aromatic rings. The van der Waals surface area contributed by atoms with Gasteiger partial charge < -0.3 is 4.57 Å². The molecule has 0 fully saturated rings. The largest absolute Gasteiger partial charge is 0.309 e. The molecule has 0 unspecified atom stereocenters. The Balaban J connectivity index is 1.26. The fourth-order valence-electron chi connectivity index (χ4n) is 7.89. The third kappa shape index (κ3) is 4.40. The maximum absolute atomic E-state index is 2.47. The van der Waals surface area contributed by atoms with E-state index < -0.39 is 0 Å². The van der Waals surface area contributed by atoms with E-state index in [2.05, 4.69) is 193 Å². The van der Waals surface area contributed by atoms with Gasteiger partial charge >= 0.3 is 0 Å². The van der Waals surface area contributed by atoms with Crippen LogP contribution in [0.2, 0.25) is 0 Å². The minimum Gasteiger partial charge on any atom is -0.309 e. The van der Waals surface area contributed by atoms with Crippen molar-refractivity contribution in [2.24, 2.45) is 0 Å². The van der Waals surface area contributed by atoms with Crippen LogP contribution in [-0.4, -0.2) is 4.57 Å². The summed E-state index contributed by atoms with van der Waals surface area (Å²) >= 11 is 0. The van der Waals surface area contributed by atoms with Crippen LogP contribution >= 0.6 is 0 Å². The van der Waals surface area contributed by atoms with Crippen LogP contribution in [-0.2, 0) is 0 Å². The van der Waals surface area contributed by atoms with Crippen LogP contribution in [0, 0.1) is 0 Å². The zero-order valence-corrected chi connectivity index (χ0v) is 26.8. The molecule has 0 amide bonds. The van der Waals surface area contributed by atoms with E-state index in [-0.39, 0.29) is 0 Å². The van der Waals surface area contributed by atoms with Gasteiger partial charge in [0, 0.05) is 16.2 Å². The number of hydrogen-bond donors (Lipinski definition) is 0. The molecule has 0 N–H and O–H groups in total. The summed E-state index contributed by atoms with van der Waals surface area (Å²) in [5.74, 6) is 0. The first-order valence-corrected chi connectivity index (χ1v) is 16.9. The second-order valence-corrected chi connectivity index (χ2v) is 12.9. The summed E-state index contributed by atoms with van der Waals surface area (Å²) in [7, 11) is 0. The van der Waals surface area contributed by atoms with Gasteiger partial charge in [0.25, 0.3) is 0 Å². The van der Waals surface area contributed by atoms with Crippen molar-refractivity contribution in [3.05, 3.63) is 188 Å². The number of aromatic nitrogens is 1. The number of rotatable bonds is 4. The Hall–Kier alpha value is -6.44. The first-order valence-electron chi connectivity index (χ1n) is 16.9. The Morgan fingerprint density at radius 1 is 0.265 bits per heavy atom. The van der Waals surface area contributed by atoms with Crippen LogP contribution in [0.4, 0.5) is 0 Å². The lowest BCUT2D eigenvalue weighted by Crippen LogP contribution is -1.97. The Kier molecular flexibility index (Phi) is 6.25. The molecule has 10 rings (SSSR count). The van der Waals surface area contributed by atoms with Gasteiger partial charge in [-0.25, -0.2) is 0 Å². The molecular formula is C48H31N. The molecule has 0 radical (unpaired) electrons. The van der Waals surface area contributed by atoms with Gasteiger partial charge in [-0.3, -0.25) is 0 Å². The lowest BCUT2D eigenvalue weighted by atomic mass is 9.90. The summed E-state index contributed by atoms with van der Waals surface area (Å²) in [6.45, 7) is 0. The van der Waals surface area contributed by atoms with Crippen molar-refractivity contribution in [3.8, 4) is 39.1 Å². The predicted molar refractivity (Wildman–Crippen MR) is 210 cm³/mol. The molecule has 0 bridgehead atoms. The lowest BCUT2D eigenvalue weighted by Gasteiger charge is -2.17. The van der Waals surface area contributed by atoms with Crippen molar-refractivity contribution in [3.63, 3.8) is 0 Å². The van der Waals surface area contributed by atoms with Crippen LogP contribution in [0.25, 0.3) is 93.2 Å². The van der Waals surface area contributed by atoms with Crippen molar-refractivity contribution in [1.29, 1.82) is 0 Å². The van der Waals surface area contributed by atoms with Crippen LogP contribution in [0.1, 0.15) is 0 Å². The maximum Gasteiger partial charge on any atom is 0.0541 e. The zero-order chi connectivity index (χ0) is 32.3. The number of hydrogen-bond acceptors (Lipinski definition) is 0. The van der Waals surface area contributed by atoms with Gasteiger partial charge in [0.1, 0.15) is 0 Å². The second kappa shape index (κ2) is 11.1. The maximum atomic E-state index is 2.47. The highest BCUT2D eigenvalue weighted by atomic mass is 15.0. The van der Waals surface area contributed by atoms with Gasteiger partial charge in [-0.05, 0) is 96.7 Å². The van der Waals surface area contributed by atoms with E-state index in [0.717, 1.165) is 0 Å². The third-order valence-electron chi connectivity index (χ3n) is 10.2. The predicted octanol–water partition coefficient (Wildman–Crippen LogP) is 13.2. The molecule has 228 valence electrons. The quantitative estimate of drug-likeness (QED) is 0.172. The van der Waals surface area contributed by atoms with Gasteiger partial charge in [0.15, 0.2) is 0 Å². The summed E-state index contributed by atoms with van der Waals surface area (Å²) in [6.07, 6.45) is 0. The van der Waals surface area contributed by atoms with E-state index in [9.17, 15) is 0 Å². The second-order valence-electron chi connectivity index (χ2n) is 12.9. The first kappa shape index (κ1) is 27.7. The highest BCUT2D eigenvalue weighted by Gasteiger charge is 2.18. The minimum absolute atomic E-state index is 1.18. The normalized spacial score (nSPS) is 11.7. The Morgan fingerprint density at radius 3 is 1.37 bits per heavy atom. The molecule has 0 saturated heterocycles. The fourth-order valence-corrected chi connectivity index (χ4v) is 7.89. The highest BCUT2D eigenvalue weighted by molar-refractivity contribution is 6.18.